The molecule has 0 saturated heterocycles. The Hall–Kier alpha value is -0.0100. The summed E-state index contributed by atoms with van der Waals surface area (Å²) in [6.07, 6.45) is 5.12. The molecule has 0 heterocycles. The Labute approximate surface area is 105 Å². The summed E-state index contributed by atoms with van der Waals surface area (Å²) in [5, 5.41) is 0.892. The van der Waals surface area contributed by atoms with Crippen molar-refractivity contribution in [3.63, 3.8) is 0 Å². The highest BCUT2D eigenvalue weighted by Gasteiger charge is 2.38. The lowest BCUT2D eigenvalue weighted by Gasteiger charge is -2.38. The van der Waals surface area contributed by atoms with Gasteiger partial charge in [-0.3, -0.25) is 0 Å². The monoisotopic (exact) mass is 286 g/mol. The molecule has 1 aromatic carbocycles. The molecule has 1 fully saturated rings. The van der Waals surface area contributed by atoms with E-state index in [4.69, 9.17) is 11.6 Å². The SMILES string of the molecule is CC1CCCCC1(Br)c1ccccc1Cl. The predicted octanol–water partition coefficient (Wildman–Crippen LogP) is 5.14. The fourth-order valence-electron chi connectivity index (χ4n) is 2.51. The van der Waals surface area contributed by atoms with Crippen molar-refractivity contribution in [2.45, 2.75) is 36.9 Å². The lowest BCUT2D eigenvalue weighted by atomic mass is 9.76. The van der Waals surface area contributed by atoms with Gasteiger partial charge in [-0.2, -0.15) is 0 Å². The maximum Gasteiger partial charge on any atom is 0.0546 e. The summed E-state index contributed by atoms with van der Waals surface area (Å²) in [5.41, 5.74) is 1.26. The molecule has 2 unspecified atom stereocenters. The quantitative estimate of drug-likeness (QED) is 0.627. The van der Waals surface area contributed by atoms with Gasteiger partial charge in [-0.25, -0.2) is 0 Å². The predicted molar refractivity (Wildman–Crippen MR) is 69.7 cm³/mol. The summed E-state index contributed by atoms with van der Waals surface area (Å²) in [5.74, 6) is 0.658. The van der Waals surface area contributed by atoms with Crippen molar-refractivity contribution in [1.29, 1.82) is 0 Å². The van der Waals surface area contributed by atoms with Crippen molar-refractivity contribution in [3.8, 4) is 0 Å². The number of alkyl halides is 1. The lowest BCUT2D eigenvalue weighted by Crippen LogP contribution is -2.30. The zero-order valence-corrected chi connectivity index (χ0v) is 11.3. The molecule has 1 saturated carbocycles. The first-order valence-corrected chi connectivity index (χ1v) is 6.75. The molecule has 15 heavy (non-hydrogen) atoms. The molecule has 0 aliphatic heterocycles. The van der Waals surface area contributed by atoms with Crippen LogP contribution in [-0.4, -0.2) is 0 Å². The molecule has 2 rings (SSSR count). The second kappa shape index (κ2) is 4.47. The van der Waals surface area contributed by atoms with Gasteiger partial charge in [-0.15, -0.1) is 0 Å². The molecule has 0 bridgehead atoms. The fraction of sp³-hybridized carbons (Fsp3) is 0.538. The Morgan fingerprint density at radius 2 is 2.07 bits per heavy atom. The molecule has 2 atom stereocenters. The third-order valence-electron chi connectivity index (χ3n) is 3.53. The van der Waals surface area contributed by atoms with Gasteiger partial charge in [-0.1, -0.05) is 65.5 Å². The standard InChI is InChI=1S/C13H16BrCl/c1-10-6-4-5-9-13(10,14)11-7-2-3-8-12(11)15/h2-3,7-8,10H,4-6,9H2,1H3. The molecule has 82 valence electrons. The van der Waals surface area contributed by atoms with E-state index < -0.39 is 0 Å². The molecule has 0 radical (unpaired) electrons. The van der Waals surface area contributed by atoms with E-state index in [0.717, 1.165) is 5.02 Å². The van der Waals surface area contributed by atoms with E-state index in [0.29, 0.717) is 5.92 Å². The van der Waals surface area contributed by atoms with Crippen LogP contribution in [0.5, 0.6) is 0 Å². The summed E-state index contributed by atoms with van der Waals surface area (Å²) < 4.78 is 0.101. The van der Waals surface area contributed by atoms with Gasteiger partial charge in [0.1, 0.15) is 0 Å². The third-order valence-corrected chi connectivity index (χ3v) is 5.47. The van der Waals surface area contributed by atoms with Gasteiger partial charge >= 0.3 is 0 Å². The van der Waals surface area contributed by atoms with E-state index in [1.165, 1.54) is 31.2 Å². The summed E-state index contributed by atoms with van der Waals surface area (Å²) in [6.45, 7) is 2.32. The smallest absolute Gasteiger partial charge is 0.0546 e. The molecule has 0 spiro atoms. The second-order valence-electron chi connectivity index (χ2n) is 4.49. The van der Waals surface area contributed by atoms with Crippen LogP contribution < -0.4 is 0 Å². The number of hydrogen-bond acceptors (Lipinski definition) is 0. The maximum atomic E-state index is 6.28. The molecule has 1 aliphatic carbocycles. The van der Waals surface area contributed by atoms with Gasteiger partial charge in [0.25, 0.3) is 0 Å². The third kappa shape index (κ3) is 2.09. The van der Waals surface area contributed by atoms with Crippen LogP contribution in [0.15, 0.2) is 24.3 Å². The zero-order chi connectivity index (χ0) is 10.9. The van der Waals surface area contributed by atoms with Gasteiger partial charge in [-0.05, 0) is 30.4 Å². The number of rotatable bonds is 1. The minimum absolute atomic E-state index is 0.101. The van der Waals surface area contributed by atoms with Crippen molar-refractivity contribution in [2.24, 2.45) is 5.92 Å². The van der Waals surface area contributed by atoms with Gasteiger partial charge in [0, 0.05) is 5.02 Å². The minimum atomic E-state index is 0.101. The van der Waals surface area contributed by atoms with Gasteiger partial charge < -0.3 is 0 Å². The van der Waals surface area contributed by atoms with Crippen LogP contribution in [0.25, 0.3) is 0 Å². The van der Waals surface area contributed by atoms with E-state index in [1.54, 1.807) is 0 Å². The summed E-state index contributed by atoms with van der Waals surface area (Å²) in [6, 6.07) is 8.21. The van der Waals surface area contributed by atoms with Crippen LogP contribution in [0.1, 0.15) is 38.2 Å². The highest BCUT2D eigenvalue weighted by Crippen LogP contribution is 2.50. The minimum Gasteiger partial charge on any atom is -0.0840 e. The topological polar surface area (TPSA) is 0 Å². The van der Waals surface area contributed by atoms with Crippen molar-refractivity contribution < 1.29 is 0 Å². The largest absolute Gasteiger partial charge is 0.0840 e. The molecule has 1 aromatic rings. The zero-order valence-electron chi connectivity index (χ0n) is 8.97. The molecule has 0 amide bonds. The summed E-state index contributed by atoms with van der Waals surface area (Å²) in [7, 11) is 0. The van der Waals surface area contributed by atoms with Crippen molar-refractivity contribution in [1.82, 2.24) is 0 Å². The van der Waals surface area contributed by atoms with Crippen LogP contribution in [0.2, 0.25) is 5.02 Å². The van der Waals surface area contributed by atoms with Gasteiger partial charge in [0.05, 0.1) is 4.32 Å². The van der Waals surface area contributed by atoms with Crippen LogP contribution in [0, 0.1) is 5.92 Å². The van der Waals surface area contributed by atoms with E-state index >= 15 is 0 Å². The van der Waals surface area contributed by atoms with Crippen molar-refractivity contribution in [2.75, 3.05) is 0 Å². The summed E-state index contributed by atoms with van der Waals surface area (Å²) in [4.78, 5) is 0. The van der Waals surface area contributed by atoms with E-state index in [9.17, 15) is 0 Å². The average molecular weight is 288 g/mol. The lowest BCUT2D eigenvalue weighted by molar-refractivity contribution is 0.304. The fourth-order valence-corrected chi connectivity index (χ4v) is 3.78. The molecular weight excluding hydrogens is 272 g/mol. The Morgan fingerprint density at radius 1 is 1.33 bits per heavy atom. The molecular formula is C13H16BrCl. The van der Waals surface area contributed by atoms with E-state index in [1.807, 2.05) is 12.1 Å². The van der Waals surface area contributed by atoms with Crippen LogP contribution in [0.3, 0.4) is 0 Å². The van der Waals surface area contributed by atoms with Crippen molar-refractivity contribution >= 4 is 27.5 Å². The first kappa shape index (κ1) is 11.5. The van der Waals surface area contributed by atoms with Crippen LogP contribution >= 0.6 is 27.5 Å². The Kier molecular flexibility index (Phi) is 3.42. The highest BCUT2D eigenvalue weighted by molar-refractivity contribution is 9.09. The number of halogens is 2. The Morgan fingerprint density at radius 3 is 2.73 bits per heavy atom. The van der Waals surface area contributed by atoms with E-state index in [2.05, 4.69) is 35.0 Å². The average Bonchev–Trinajstić information content (AvgIpc) is 2.23. The normalized spacial score (nSPS) is 31.5. The first-order chi connectivity index (χ1) is 7.14. The molecule has 0 aromatic heterocycles. The van der Waals surface area contributed by atoms with Gasteiger partial charge in [0.2, 0.25) is 0 Å². The second-order valence-corrected chi connectivity index (χ2v) is 6.31. The highest BCUT2D eigenvalue weighted by atomic mass is 79.9. The first-order valence-electron chi connectivity index (χ1n) is 5.58. The van der Waals surface area contributed by atoms with Crippen LogP contribution in [-0.2, 0) is 4.32 Å². The maximum absolute atomic E-state index is 6.28. The molecule has 0 N–H and O–H groups in total. The summed E-state index contributed by atoms with van der Waals surface area (Å²) >= 11 is 10.2. The Bertz CT molecular complexity index is 350. The number of benzene rings is 1. The Balaban J connectivity index is 2.39. The van der Waals surface area contributed by atoms with Crippen LogP contribution in [0.4, 0.5) is 0 Å². The molecule has 1 aliphatic rings. The number of hydrogen-bond donors (Lipinski definition) is 0. The van der Waals surface area contributed by atoms with E-state index in [-0.39, 0.29) is 4.32 Å². The molecule has 0 nitrogen and oxygen atoms in total. The molecule has 2 heteroatoms. The van der Waals surface area contributed by atoms with Crippen molar-refractivity contribution in [3.05, 3.63) is 34.9 Å². The van der Waals surface area contributed by atoms with Gasteiger partial charge in [0.15, 0.2) is 0 Å².